The standard InChI is InChI=1S/C17H20N2OS/c1-3-18-16(17-11(2)8-9-21-17)13-4-6-14-12(10-13)5-7-15(20)19-14/h4,6,8-10,16,18H,3,5,7H2,1-2H3,(H,19,20). The van der Waals surface area contributed by atoms with Gasteiger partial charge in [-0.15, -0.1) is 11.3 Å². The Bertz CT molecular complexity index is 663. The van der Waals surface area contributed by atoms with Gasteiger partial charge in [0.2, 0.25) is 5.91 Å². The van der Waals surface area contributed by atoms with Crippen molar-refractivity contribution in [1.29, 1.82) is 0 Å². The van der Waals surface area contributed by atoms with Gasteiger partial charge in [-0.2, -0.15) is 0 Å². The fourth-order valence-corrected chi connectivity index (χ4v) is 3.86. The van der Waals surface area contributed by atoms with E-state index < -0.39 is 0 Å². The summed E-state index contributed by atoms with van der Waals surface area (Å²) in [5, 5.41) is 8.67. The third-order valence-corrected chi connectivity index (χ3v) is 5.01. The third-order valence-electron chi connectivity index (χ3n) is 3.93. The van der Waals surface area contributed by atoms with Crippen molar-refractivity contribution >= 4 is 22.9 Å². The molecule has 0 radical (unpaired) electrons. The summed E-state index contributed by atoms with van der Waals surface area (Å²) in [7, 11) is 0. The van der Waals surface area contributed by atoms with E-state index in [2.05, 4.69) is 48.1 Å². The molecule has 0 bridgehead atoms. The van der Waals surface area contributed by atoms with Crippen molar-refractivity contribution in [3.63, 3.8) is 0 Å². The molecule has 3 rings (SSSR count). The highest BCUT2D eigenvalue weighted by Gasteiger charge is 2.20. The van der Waals surface area contributed by atoms with Crippen molar-refractivity contribution in [2.24, 2.45) is 0 Å². The summed E-state index contributed by atoms with van der Waals surface area (Å²) in [6, 6.07) is 8.80. The average Bonchev–Trinajstić information content (AvgIpc) is 2.90. The monoisotopic (exact) mass is 300 g/mol. The van der Waals surface area contributed by atoms with Gasteiger partial charge in [0, 0.05) is 17.0 Å². The van der Waals surface area contributed by atoms with Crippen LogP contribution < -0.4 is 10.6 Å². The topological polar surface area (TPSA) is 41.1 Å². The van der Waals surface area contributed by atoms with Gasteiger partial charge in [0.05, 0.1) is 6.04 Å². The number of thiophene rings is 1. The Morgan fingerprint density at radius 2 is 2.19 bits per heavy atom. The first-order valence-corrected chi connectivity index (χ1v) is 8.27. The van der Waals surface area contributed by atoms with E-state index in [9.17, 15) is 4.79 Å². The molecule has 0 saturated carbocycles. The summed E-state index contributed by atoms with van der Waals surface area (Å²) in [6.07, 6.45) is 1.41. The number of amides is 1. The molecular weight excluding hydrogens is 280 g/mol. The lowest BCUT2D eigenvalue weighted by atomic mass is 9.96. The molecule has 1 aromatic carbocycles. The number of anilines is 1. The first kappa shape index (κ1) is 14.3. The fourth-order valence-electron chi connectivity index (χ4n) is 2.83. The van der Waals surface area contributed by atoms with Gasteiger partial charge in [0.15, 0.2) is 0 Å². The zero-order valence-electron chi connectivity index (χ0n) is 12.4. The van der Waals surface area contributed by atoms with Crippen molar-refractivity contribution < 1.29 is 4.79 Å². The second-order valence-corrected chi connectivity index (χ2v) is 6.37. The first-order chi connectivity index (χ1) is 10.2. The molecule has 1 unspecified atom stereocenters. The summed E-state index contributed by atoms with van der Waals surface area (Å²) in [6.45, 7) is 5.22. The smallest absolute Gasteiger partial charge is 0.224 e. The van der Waals surface area contributed by atoms with Gasteiger partial charge in [-0.3, -0.25) is 4.79 Å². The van der Waals surface area contributed by atoms with E-state index in [4.69, 9.17) is 0 Å². The molecule has 1 aromatic heterocycles. The van der Waals surface area contributed by atoms with Crippen LogP contribution in [0.1, 0.15) is 41.0 Å². The van der Waals surface area contributed by atoms with Gasteiger partial charge in [0.1, 0.15) is 0 Å². The summed E-state index contributed by atoms with van der Waals surface area (Å²) >= 11 is 1.80. The second kappa shape index (κ2) is 6.00. The molecule has 0 spiro atoms. The fraction of sp³-hybridized carbons (Fsp3) is 0.353. The molecule has 0 aliphatic carbocycles. The molecule has 110 valence electrons. The average molecular weight is 300 g/mol. The Morgan fingerprint density at radius 3 is 2.90 bits per heavy atom. The Balaban J connectivity index is 1.97. The van der Waals surface area contributed by atoms with E-state index in [-0.39, 0.29) is 11.9 Å². The number of fused-ring (bicyclic) bond motifs is 1. The molecule has 1 aliphatic rings. The van der Waals surface area contributed by atoms with Crippen molar-refractivity contribution in [2.45, 2.75) is 32.7 Å². The van der Waals surface area contributed by atoms with E-state index in [1.54, 1.807) is 11.3 Å². The van der Waals surface area contributed by atoms with Crippen LogP contribution in [0.4, 0.5) is 5.69 Å². The van der Waals surface area contributed by atoms with Gasteiger partial charge in [0.25, 0.3) is 0 Å². The molecule has 0 fully saturated rings. The zero-order chi connectivity index (χ0) is 14.8. The molecule has 1 atom stereocenters. The number of nitrogens with one attached hydrogen (secondary N) is 2. The zero-order valence-corrected chi connectivity index (χ0v) is 13.2. The van der Waals surface area contributed by atoms with Crippen molar-refractivity contribution in [2.75, 3.05) is 11.9 Å². The molecule has 21 heavy (non-hydrogen) atoms. The van der Waals surface area contributed by atoms with E-state index in [0.29, 0.717) is 6.42 Å². The van der Waals surface area contributed by atoms with E-state index >= 15 is 0 Å². The molecular formula is C17H20N2OS. The number of carbonyl (C=O) groups excluding carboxylic acids is 1. The Labute approximate surface area is 129 Å². The van der Waals surface area contributed by atoms with Gasteiger partial charge >= 0.3 is 0 Å². The van der Waals surface area contributed by atoms with Crippen LogP contribution in [0.2, 0.25) is 0 Å². The largest absolute Gasteiger partial charge is 0.326 e. The molecule has 1 aliphatic heterocycles. The molecule has 1 amide bonds. The van der Waals surface area contributed by atoms with Crippen molar-refractivity contribution in [3.05, 3.63) is 51.2 Å². The summed E-state index contributed by atoms with van der Waals surface area (Å²) in [5.74, 6) is 0.118. The van der Waals surface area contributed by atoms with Crippen LogP contribution in [0.3, 0.4) is 0 Å². The number of aryl methyl sites for hydroxylation is 2. The molecule has 2 N–H and O–H groups in total. The Kier molecular flexibility index (Phi) is 4.08. The lowest BCUT2D eigenvalue weighted by molar-refractivity contribution is -0.116. The second-order valence-electron chi connectivity index (χ2n) is 5.42. The number of carbonyl (C=O) groups is 1. The Hall–Kier alpha value is -1.65. The van der Waals surface area contributed by atoms with Gasteiger partial charge < -0.3 is 10.6 Å². The van der Waals surface area contributed by atoms with Crippen LogP contribution in [0.15, 0.2) is 29.6 Å². The van der Waals surface area contributed by atoms with Gasteiger partial charge in [-0.25, -0.2) is 0 Å². The normalized spacial score (nSPS) is 15.4. The molecule has 3 nitrogen and oxygen atoms in total. The Morgan fingerprint density at radius 1 is 1.33 bits per heavy atom. The number of hydrogen-bond acceptors (Lipinski definition) is 3. The number of benzene rings is 1. The van der Waals surface area contributed by atoms with Gasteiger partial charge in [-0.05, 0) is 54.1 Å². The van der Waals surface area contributed by atoms with Crippen LogP contribution in [0.5, 0.6) is 0 Å². The minimum Gasteiger partial charge on any atom is -0.326 e. The predicted octanol–water partition coefficient (Wildman–Crippen LogP) is 3.64. The predicted molar refractivity (Wildman–Crippen MR) is 88.0 cm³/mol. The maximum absolute atomic E-state index is 11.5. The molecule has 2 heterocycles. The lowest BCUT2D eigenvalue weighted by Gasteiger charge is -2.22. The van der Waals surface area contributed by atoms with Crippen LogP contribution >= 0.6 is 11.3 Å². The SMILES string of the molecule is CCNC(c1ccc2c(c1)CCC(=O)N2)c1sccc1C. The minimum absolute atomic E-state index is 0.118. The van der Waals surface area contributed by atoms with Crippen LogP contribution in [0.25, 0.3) is 0 Å². The van der Waals surface area contributed by atoms with E-state index in [1.807, 2.05) is 6.07 Å². The number of rotatable bonds is 4. The van der Waals surface area contributed by atoms with Crippen molar-refractivity contribution in [3.8, 4) is 0 Å². The highest BCUT2D eigenvalue weighted by atomic mass is 32.1. The third kappa shape index (κ3) is 2.87. The molecule has 2 aromatic rings. The van der Waals surface area contributed by atoms with E-state index in [1.165, 1.54) is 21.6 Å². The lowest BCUT2D eigenvalue weighted by Crippen LogP contribution is -2.23. The quantitative estimate of drug-likeness (QED) is 0.905. The summed E-state index contributed by atoms with van der Waals surface area (Å²) in [4.78, 5) is 12.8. The van der Waals surface area contributed by atoms with Crippen LogP contribution in [0, 0.1) is 6.92 Å². The maximum Gasteiger partial charge on any atom is 0.224 e. The summed E-state index contributed by atoms with van der Waals surface area (Å²) in [5.41, 5.74) is 4.81. The van der Waals surface area contributed by atoms with Gasteiger partial charge in [-0.1, -0.05) is 19.1 Å². The van der Waals surface area contributed by atoms with Crippen LogP contribution in [-0.2, 0) is 11.2 Å². The summed E-state index contributed by atoms with van der Waals surface area (Å²) < 4.78 is 0. The molecule has 4 heteroatoms. The van der Waals surface area contributed by atoms with Crippen LogP contribution in [-0.4, -0.2) is 12.5 Å². The number of hydrogen-bond donors (Lipinski definition) is 2. The van der Waals surface area contributed by atoms with E-state index in [0.717, 1.165) is 18.7 Å². The highest BCUT2D eigenvalue weighted by molar-refractivity contribution is 7.10. The molecule has 0 saturated heterocycles. The highest BCUT2D eigenvalue weighted by Crippen LogP contribution is 2.32. The first-order valence-electron chi connectivity index (χ1n) is 7.39. The maximum atomic E-state index is 11.5. The van der Waals surface area contributed by atoms with Crippen molar-refractivity contribution in [1.82, 2.24) is 5.32 Å². The minimum atomic E-state index is 0.118.